The van der Waals surface area contributed by atoms with Crippen molar-refractivity contribution in [3.63, 3.8) is 0 Å². The lowest BCUT2D eigenvalue weighted by atomic mass is 9.96. The van der Waals surface area contributed by atoms with Gasteiger partial charge in [0.05, 0.1) is 38.6 Å². The molecule has 12 N–H and O–H groups in total. The molecular formula is C59H105NO18. The molecule has 17 atom stereocenters. The molecule has 454 valence electrons. The Balaban J connectivity index is 1.36. The van der Waals surface area contributed by atoms with E-state index in [1.165, 1.54) is 70.6 Å². The first-order chi connectivity index (χ1) is 37.8. The van der Waals surface area contributed by atoms with Crippen molar-refractivity contribution in [1.82, 2.24) is 5.32 Å². The van der Waals surface area contributed by atoms with Crippen LogP contribution in [0.4, 0.5) is 0 Å². The number of carbonyl (C=O) groups is 1. The highest BCUT2D eigenvalue weighted by molar-refractivity contribution is 5.76. The average Bonchev–Trinajstić information content (AvgIpc) is 3.45. The molecule has 19 heteroatoms. The Morgan fingerprint density at radius 2 is 0.885 bits per heavy atom. The molecule has 3 fully saturated rings. The van der Waals surface area contributed by atoms with Crippen LogP contribution >= 0.6 is 0 Å². The maximum atomic E-state index is 13.3. The molecule has 0 radical (unpaired) electrons. The van der Waals surface area contributed by atoms with E-state index in [-0.39, 0.29) is 18.9 Å². The van der Waals surface area contributed by atoms with Gasteiger partial charge in [0.25, 0.3) is 0 Å². The van der Waals surface area contributed by atoms with Crippen LogP contribution in [-0.4, -0.2) is 193 Å². The molecule has 3 rings (SSSR count). The number of ether oxygens (including phenoxy) is 6. The average molecular weight is 1120 g/mol. The molecule has 0 aromatic heterocycles. The molecule has 0 aromatic rings. The molecule has 19 nitrogen and oxygen atoms in total. The molecule has 0 saturated carbocycles. The summed E-state index contributed by atoms with van der Waals surface area (Å²) in [5.41, 5.74) is 0. The maximum absolute atomic E-state index is 13.3. The third-order valence-electron chi connectivity index (χ3n) is 14.9. The van der Waals surface area contributed by atoms with Gasteiger partial charge in [0.15, 0.2) is 18.9 Å². The highest BCUT2D eigenvalue weighted by atomic mass is 16.8. The standard InChI is InChI=1S/C59H105NO18/c1-3-5-7-9-11-12-13-14-15-16-17-18-19-20-21-22-23-24-25-26-27-28-29-30-31-33-35-37-47(65)60-42(43(64)36-34-32-10-8-6-4-2)41-73-57-53(71)50(68)55(45(39-62)75-57)78-59-54(72)51(69)56(46(40-63)76-59)77-58-52(70)49(67)48(66)44(38-61)74-58/h5,7,11-12,14-15,17-18,42-46,48-59,61-64,66-72H,3-4,6,8-10,13,16,19-41H2,1-2H3,(H,60,65)/b7-5-,12-11-,15-14-,18-17-. The van der Waals surface area contributed by atoms with Gasteiger partial charge in [0.1, 0.15) is 73.2 Å². The molecule has 78 heavy (non-hydrogen) atoms. The van der Waals surface area contributed by atoms with Gasteiger partial charge in [-0.2, -0.15) is 0 Å². The maximum Gasteiger partial charge on any atom is 0.220 e. The molecule has 17 unspecified atom stereocenters. The summed E-state index contributed by atoms with van der Waals surface area (Å²) in [6.45, 7) is 1.58. The number of allylic oxidation sites excluding steroid dienone is 8. The second-order valence-corrected chi connectivity index (χ2v) is 21.4. The zero-order valence-corrected chi connectivity index (χ0v) is 47.1. The number of hydrogen-bond acceptors (Lipinski definition) is 18. The normalized spacial score (nSPS) is 30.8. The fourth-order valence-corrected chi connectivity index (χ4v) is 10.0. The van der Waals surface area contributed by atoms with E-state index in [9.17, 15) is 61.0 Å². The Hall–Kier alpha value is -2.25. The number of hydrogen-bond donors (Lipinski definition) is 12. The predicted molar refractivity (Wildman–Crippen MR) is 295 cm³/mol. The second kappa shape index (κ2) is 42.6. The highest BCUT2D eigenvalue weighted by Gasteiger charge is 2.53. The summed E-state index contributed by atoms with van der Waals surface area (Å²) >= 11 is 0. The lowest BCUT2D eigenvalue weighted by Crippen LogP contribution is -2.66. The minimum absolute atomic E-state index is 0.251. The molecular weight excluding hydrogens is 1010 g/mol. The first kappa shape index (κ1) is 70.0. The van der Waals surface area contributed by atoms with Gasteiger partial charge in [-0.1, -0.05) is 178 Å². The molecule has 3 aliphatic rings. The van der Waals surface area contributed by atoms with Crippen LogP contribution < -0.4 is 5.32 Å². The summed E-state index contributed by atoms with van der Waals surface area (Å²) < 4.78 is 34.2. The van der Waals surface area contributed by atoms with E-state index in [2.05, 4.69) is 67.8 Å². The summed E-state index contributed by atoms with van der Waals surface area (Å²) in [6, 6.07) is -0.884. The molecule has 3 heterocycles. The van der Waals surface area contributed by atoms with Crippen molar-refractivity contribution in [3.8, 4) is 0 Å². The number of rotatable bonds is 43. The Bertz CT molecular complexity index is 1620. The van der Waals surface area contributed by atoms with E-state index in [4.69, 9.17) is 28.4 Å². The lowest BCUT2D eigenvalue weighted by Gasteiger charge is -2.48. The number of nitrogens with one attached hydrogen (secondary N) is 1. The van der Waals surface area contributed by atoms with Crippen LogP contribution in [0.1, 0.15) is 187 Å². The van der Waals surface area contributed by atoms with E-state index in [1.54, 1.807) is 0 Å². The van der Waals surface area contributed by atoms with Gasteiger partial charge < -0.3 is 89.9 Å². The largest absolute Gasteiger partial charge is 0.394 e. The van der Waals surface area contributed by atoms with Crippen molar-refractivity contribution in [2.24, 2.45) is 0 Å². The van der Waals surface area contributed by atoms with Gasteiger partial charge in [0.2, 0.25) is 5.91 Å². The fraction of sp³-hybridized carbons (Fsp3) is 0.847. The van der Waals surface area contributed by atoms with E-state index in [0.717, 1.165) is 83.5 Å². The van der Waals surface area contributed by atoms with Crippen LogP contribution in [-0.2, 0) is 33.2 Å². The molecule has 0 aliphatic carbocycles. The predicted octanol–water partition coefficient (Wildman–Crippen LogP) is 5.09. The Morgan fingerprint density at radius 3 is 1.38 bits per heavy atom. The summed E-state index contributed by atoms with van der Waals surface area (Å²) in [6.07, 6.45) is 19.8. The zero-order valence-electron chi connectivity index (χ0n) is 47.1. The molecule has 1 amide bonds. The van der Waals surface area contributed by atoms with Crippen molar-refractivity contribution in [2.45, 2.75) is 291 Å². The Kier molecular flexibility index (Phi) is 38.2. The number of aliphatic hydroxyl groups is 11. The summed E-state index contributed by atoms with van der Waals surface area (Å²) in [5.74, 6) is -0.251. The van der Waals surface area contributed by atoms with E-state index in [1.807, 2.05) is 0 Å². The third kappa shape index (κ3) is 26.3. The van der Waals surface area contributed by atoms with Crippen molar-refractivity contribution < 1.29 is 89.4 Å². The monoisotopic (exact) mass is 1120 g/mol. The summed E-state index contributed by atoms with van der Waals surface area (Å²) in [4.78, 5) is 13.3. The van der Waals surface area contributed by atoms with Crippen LogP contribution in [0.5, 0.6) is 0 Å². The topological polar surface area (TPSA) is 307 Å². The first-order valence-electron chi connectivity index (χ1n) is 29.9. The van der Waals surface area contributed by atoms with Gasteiger partial charge in [-0.3, -0.25) is 4.79 Å². The van der Waals surface area contributed by atoms with Crippen molar-refractivity contribution in [1.29, 1.82) is 0 Å². The number of unbranched alkanes of at least 4 members (excludes halogenated alkanes) is 19. The first-order valence-corrected chi connectivity index (χ1v) is 29.9. The van der Waals surface area contributed by atoms with Gasteiger partial charge in [-0.05, 0) is 51.4 Å². The zero-order chi connectivity index (χ0) is 56.9. The molecule has 3 aliphatic heterocycles. The van der Waals surface area contributed by atoms with Gasteiger partial charge in [-0.15, -0.1) is 0 Å². The minimum Gasteiger partial charge on any atom is -0.394 e. The SMILES string of the molecule is CC/C=C\C/C=C\C/C=C\C/C=C\CCCCCCCCCCCCCCCCC(=O)NC(COC1OC(CO)C(OC2OC(CO)C(OC3OC(CO)C(O)C(O)C3O)C(O)C2O)C(O)C1O)C(O)CCCCCCCC. The van der Waals surface area contributed by atoms with Crippen LogP contribution in [0.15, 0.2) is 48.6 Å². The van der Waals surface area contributed by atoms with E-state index in [0.29, 0.717) is 12.8 Å². The third-order valence-corrected chi connectivity index (χ3v) is 14.9. The number of aliphatic hydroxyl groups excluding tert-OH is 11. The van der Waals surface area contributed by atoms with E-state index < -0.39 is 124 Å². The molecule has 0 bridgehead atoms. The van der Waals surface area contributed by atoms with Crippen LogP contribution in [0.3, 0.4) is 0 Å². The van der Waals surface area contributed by atoms with Crippen LogP contribution in [0.2, 0.25) is 0 Å². The smallest absolute Gasteiger partial charge is 0.220 e. The van der Waals surface area contributed by atoms with Crippen LogP contribution in [0, 0.1) is 0 Å². The van der Waals surface area contributed by atoms with Gasteiger partial charge >= 0.3 is 0 Å². The molecule has 0 spiro atoms. The highest BCUT2D eigenvalue weighted by Crippen LogP contribution is 2.33. The van der Waals surface area contributed by atoms with E-state index >= 15 is 0 Å². The van der Waals surface area contributed by atoms with Crippen molar-refractivity contribution in [3.05, 3.63) is 48.6 Å². The molecule has 0 aromatic carbocycles. The summed E-state index contributed by atoms with van der Waals surface area (Å²) in [5, 5.41) is 120. The second-order valence-electron chi connectivity index (χ2n) is 21.4. The molecule has 3 saturated heterocycles. The quantitative estimate of drug-likeness (QED) is 0.0279. The Labute approximate surface area is 465 Å². The van der Waals surface area contributed by atoms with Crippen LogP contribution in [0.25, 0.3) is 0 Å². The van der Waals surface area contributed by atoms with Crippen molar-refractivity contribution in [2.75, 3.05) is 26.4 Å². The fourth-order valence-electron chi connectivity index (χ4n) is 10.0. The van der Waals surface area contributed by atoms with Gasteiger partial charge in [0, 0.05) is 6.42 Å². The number of carbonyl (C=O) groups excluding carboxylic acids is 1. The Morgan fingerprint density at radius 1 is 0.474 bits per heavy atom. The van der Waals surface area contributed by atoms with Gasteiger partial charge in [-0.25, -0.2) is 0 Å². The summed E-state index contributed by atoms with van der Waals surface area (Å²) in [7, 11) is 0. The minimum atomic E-state index is -1.97. The lowest BCUT2D eigenvalue weighted by molar-refractivity contribution is -0.379. The number of amides is 1. The van der Waals surface area contributed by atoms with Crippen molar-refractivity contribution >= 4 is 5.91 Å².